The first-order chi connectivity index (χ1) is 12.5. The zero-order chi connectivity index (χ0) is 18.4. The lowest BCUT2D eigenvalue weighted by molar-refractivity contribution is 0.0997. The zero-order valence-corrected chi connectivity index (χ0v) is 15.3. The predicted octanol–water partition coefficient (Wildman–Crippen LogP) is 3.47. The zero-order valence-electron chi connectivity index (χ0n) is 14.6. The van der Waals surface area contributed by atoms with Crippen LogP contribution < -0.4 is 11.1 Å². The number of carbonyl (C=O) groups excluding carboxylic acids is 2. The third kappa shape index (κ3) is 2.94. The van der Waals surface area contributed by atoms with E-state index in [2.05, 4.69) is 9.88 Å². The second-order valence-corrected chi connectivity index (χ2v) is 7.41. The number of benzene rings is 1. The van der Waals surface area contributed by atoms with Crippen molar-refractivity contribution in [3.63, 3.8) is 0 Å². The number of anilines is 1. The van der Waals surface area contributed by atoms with Crippen molar-refractivity contribution in [2.75, 3.05) is 11.9 Å². The van der Waals surface area contributed by atoms with E-state index in [-0.39, 0.29) is 6.03 Å². The van der Waals surface area contributed by atoms with Crippen molar-refractivity contribution in [2.45, 2.75) is 38.8 Å². The van der Waals surface area contributed by atoms with Gasteiger partial charge >= 0.3 is 6.03 Å². The summed E-state index contributed by atoms with van der Waals surface area (Å²) in [6.07, 6.45) is 2.16. The molecule has 7 heteroatoms. The minimum absolute atomic E-state index is 0.194. The Labute approximate surface area is 156 Å². The van der Waals surface area contributed by atoms with Gasteiger partial charge < -0.3 is 20.5 Å². The fourth-order valence-electron chi connectivity index (χ4n) is 3.57. The summed E-state index contributed by atoms with van der Waals surface area (Å²) >= 11 is 6.48. The van der Waals surface area contributed by atoms with Gasteiger partial charge in [0.2, 0.25) is 0 Å². The van der Waals surface area contributed by atoms with Crippen molar-refractivity contribution >= 4 is 29.2 Å². The monoisotopic (exact) mass is 372 g/mol. The number of fused-ring (bicyclic) bond motifs is 1. The van der Waals surface area contributed by atoms with Crippen molar-refractivity contribution in [2.24, 2.45) is 5.73 Å². The number of amides is 3. The van der Waals surface area contributed by atoms with Gasteiger partial charge in [-0.15, -0.1) is 0 Å². The molecule has 0 bridgehead atoms. The van der Waals surface area contributed by atoms with E-state index in [4.69, 9.17) is 17.3 Å². The Hall–Kier alpha value is -2.47. The normalized spacial score (nSPS) is 16.3. The van der Waals surface area contributed by atoms with Crippen LogP contribution >= 0.6 is 11.6 Å². The summed E-state index contributed by atoms with van der Waals surface area (Å²) in [4.78, 5) is 26.3. The maximum absolute atomic E-state index is 12.6. The number of carbonyl (C=O) groups is 2. The van der Waals surface area contributed by atoms with E-state index in [1.807, 2.05) is 31.2 Å². The number of urea groups is 1. The van der Waals surface area contributed by atoms with Crippen molar-refractivity contribution in [3.8, 4) is 0 Å². The highest BCUT2D eigenvalue weighted by atomic mass is 35.5. The molecule has 1 aromatic heterocycles. The van der Waals surface area contributed by atoms with Crippen LogP contribution in [0, 0.1) is 6.92 Å². The molecule has 26 heavy (non-hydrogen) atoms. The fourth-order valence-corrected chi connectivity index (χ4v) is 4.03. The van der Waals surface area contributed by atoms with E-state index in [0.29, 0.717) is 36.1 Å². The summed E-state index contributed by atoms with van der Waals surface area (Å²) in [6, 6.07) is 7.45. The number of halogens is 1. The Morgan fingerprint density at radius 3 is 2.50 bits per heavy atom. The molecule has 1 fully saturated rings. The minimum Gasteiger partial charge on any atom is -0.365 e. The lowest BCUT2D eigenvalue weighted by Crippen LogP contribution is -2.41. The average molecular weight is 373 g/mol. The smallest absolute Gasteiger partial charge is 0.322 e. The summed E-state index contributed by atoms with van der Waals surface area (Å²) in [6.45, 7) is 3.50. The molecule has 2 aliphatic rings. The number of aryl methyl sites for hydroxylation is 1. The van der Waals surface area contributed by atoms with Crippen LogP contribution in [0.4, 0.5) is 10.5 Å². The third-order valence-electron chi connectivity index (χ3n) is 5.08. The highest BCUT2D eigenvalue weighted by Gasteiger charge is 2.37. The number of nitrogens with two attached hydrogens (primary N) is 1. The average Bonchev–Trinajstić information content (AvgIpc) is 3.38. The maximum atomic E-state index is 12.6. The largest absolute Gasteiger partial charge is 0.365 e. The Morgan fingerprint density at radius 2 is 1.88 bits per heavy atom. The summed E-state index contributed by atoms with van der Waals surface area (Å²) < 4.78 is 2.09. The summed E-state index contributed by atoms with van der Waals surface area (Å²) in [7, 11) is 0. The highest BCUT2D eigenvalue weighted by Crippen LogP contribution is 2.46. The molecule has 0 radical (unpaired) electrons. The number of hydrogen-bond donors (Lipinski definition) is 2. The van der Waals surface area contributed by atoms with Crippen molar-refractivity contribution in [1.82, 2.24) is 9.47 Å². The first-order valence-electron chi connectivity index (χ1n) is 8.79. The molecule has 2 aromatic rings. The molecule has 0 unspecified atom stereocenters. The predicted molar refractivity (Wildman–Crippen MR) is 101 cm³/mol. The van der Waals surface area contributed by atoms with Crippen LogP contribution in [0.2, 0.25) is 5.02 Å². The van der Waals surface area contributed by atoms with Gasteiger partial charge in [0.05, 0.1) is 22.8 Å². The van der Waals surface area contributed by atoms with E-state index >= 15 is 0 Å². The lowest BCUT2D eigenvalue weighted by Gasteiger charge is -2.30. The van der Waals surface area contributed by atoms with Gasteiger partial charge in [-0.2, -0.15) is 0 Å². The van der Waals surface area contributed by atoms with E-state index in [1.165, 1.54) is 0 Å². The Kier molecular flexibility index (Phi) is 4.15. The number of hydrogen-bond acceptors (Lipinski definition) is 2. The van der Waals surface area contributed by atoms with E-state index < -0.39 is 5.91 Å². The first-order valence-corrected chi connectivity index (χ1v) is 9.16. The van der Waals surface area contributed by atoms with Crippen molar-refractivity contribution < 1.29 is 9.59 Å². The number of rotatable bonds is 3. The third-order valence-corrected chi connectivity index (χ3v) is 5.47. The van der Waals surface area contributed by atoms with Gasteiger partial charge in [0.25, 0.3) is 5.91 Å². The van der Waals surface area contributed by atoms with E-state index in [9.17, 15) is 9.59 Å². The first kappa shape index (κ1) is 17.0. The highest BCUT2D eigenvalue weighted by molar-refractivity contribution is 6.35. The van der Waals surface area contributed by atoms with Gasteiger partial charge in [0, 0.05) is 30.4 Å². The molecule has 2 heterocycles. The molecular weight excluding hydrogens is 352 g/mol. The number of nitrogens with zero attached hydrogens (tertiary/aromatic N) is 2. The standard InChI is InChI=1S/C19H21ClN4O2/c1-11-2-6-13(7-3-11)22-19(26)23-8-9-24-14(10-23)15(18(21)25)16(20)17(24)12-4-5-12/h2-3,6-7,12H,4-5,8-10H2,1H3,(H2,21,25)(H,22,26). The molecular formula is C19H21ClN4O2. The molecule has 136 valence electrons. The number of nitrogens with one attached hydrogen (secondary N) is 1. The Bertz CT molecular complexity index is 884. The molecule has 6 nitrogen and oxygen atoms in total. The molecule has 1 aromatic carbocycles. The van der Waals surface area contributed by atoms with Crippen LogP contribution in [-0.4, -0.2) is 28.0 Å². The summed E-state index contributed by atoms with van der Waals surface area (Å²) in [5.74, 6) is -0.131. The van der Waals surface area contributed by atoms with Crippen molar-refractivity contribution in [1.29, 1.82) is 0 Å². The molecule has 3 amide bonds. The van der Waals surface area contributed by atoms with Crippen LogP contribution in [0.5, 0.6) is 0 Å². The molecule has 1 aliphatic heterocycles. The summed E-state index contributed by atoms with van der Waals surface area (Å²) in [5, 5.41) is 3.37. The van der Waals surface area contributed by atoms with Gasteiger partial charge in [0.15, 0.2) is 0 Å². The van der Waals surface area contributed by atoms with Crippen LogP contribution in [0.1, 0.15) is 46.1 Å². The maximum Gasteiger partial charge on any atom is 0.322 e. The molecule has 3 N–H and O–H groups in total. The van der Waals surface area contributed by atoms with E-state index in [0.717, 1.165) is 35.5 Å². The van der Waals surface area contributed by atoms with Crippen molar-refractivity contribution in [3.05, 3.63) is 51.8 Å². The second kappa shape index (κ2) is 6.36. The van der Waals surface area contributed by atoms with Gasteiger partial charge in [-0.25, -0.2) is 4.79 Å². The van der Waals surface area contributed by atoms with Gasteiger partial charge in [-0.1, -0.05) is 29.3 Å². The van der Waals surface area contributed by atoms with Crippen LogP contribution in [-0.2, 0) is 13.1 Å². The molecule has 1 aliphatic carbocycles. The SMILES string of the molecule is Cc1ccc(NC(=O)N2CCn3c(c(C(N)=O)c(Cl)c3C3CC3)C2)cc1. The fraction of sp³-hybridized carbons (Fsp3) is 0.368. The Morgan fingerprint density at radius 1 is 1.19 bits per heavy atom. The second-order valence-electron chi connectivity index (χ2n) is 7.03. The van der Waals surface area contributed by atoms with Crippen LogP contribution in [0.25, 0.3) is 0 Å². The van der Waals surface area contributed by atoms with E-state index in [1.54, 1.807) is 4.90 Å². The number of aromatic nitrogens is 1. The quantitative estimate of drug-likeness (QED) is 0.864. The van der Waals surface area contributed by atoms with Gasteiger partial charge in [-0.3, -0.25) is 4.79 Å². The molecule has 0 spiro atoms. The topological polar surface area (TPSA) is 80.4 Å². The number of primary amides is 1. The van der Waals surface area contributed by atoms with Crippen LogP contribution in [0.3, 0.4) is 0 Å². The molecule has 0 saturated heterocycles. The van der Waals surface area contributed by atoms with Crippen LogP contribution in [0.15, 0.2) is 24.3 Å². The summed E-state index contributed by atoms with van der Waals surface area (Å²) in [5.41, 5.74) is 9.57. The molecule has 0 atom stereocenters. The lowest BCUT2D eigenvalue weighted by atomic mass is 10.2. The van der Waals surface area contributed by atoms with Gasteiger partial charge in [-0.05, 0) is 31.9 Å². The minimum atomic E-state index is -0.536. The van der Waals surface area contributed by atoms with Gasteiger partial charge in [0.1, 0.15) is 0 Å². The molecule has 4 rings (SSSR count). The Balaban J connectivity index is 1.59. The molecule has 1 saturated carbocycles.